The highest BCUT2D eigenvalue weighted by Crippen LogP contribution is 2.28. The maximum Gasteiger partial charge on any atom is 0.253 e. The number of likely N-dealkylation sites (N-methyl/N-ethyl adjacent to an activating group) is 1. The van der Waals surface area contributed by atoms with Gasteiger partial charge in [0.05, 0.1) is 12.7 Å². The Morgan fingerprint density at radius 1 is 1.33 bits per heavy atom. The third-order valence-electron chi connectivity index (χ3n) is 5.21. The van der Waals surface area contributed by atoms with E-state index in [0.29, 0.717) is 19.6 Å². The third kappa shape index (κ3) is 3.97. The number of benzene rings is 1. The third-order valence-corrected chi connectivity index (χ3v) is 5.21. The van der Waals surface area contributed by atoms with Crippen molar-refractivity contribution in [1.82, 2.24) is 9.80 Å². The second-order valence-electron chi connectivity index (χ2n) is 6.74. The first-order valence-corrected chi connectivity index (χ1v) is 9.06. The Bertz CT molecular complexity index is 537. The van der Waals surface area contributed by atoms with Gasteiger partial charge in [0.15, 0.2) is 0 Å². The number of rotatable bonds is 5. The molecule has 3 unspecified atom stereocenters. The topological polar surface area (TPSA) is 53.0 Å². The predicted octanol–water partition coefficient (Wildman–Crippen LogP) is 1.82. The standard InChI is InChI=1S/C19H28N2O3/c1-2-20-11-12-24-18(14-20)19(23)21-10-6-9-16(21)13-17(22)15-7-4-3-5-8-15/h3-5,7-8,16-18,22H,2,6,9-14H2,1H3. The summed E-state index contributed by atoms with van der Waals surface area (Å²) in [5, 5.41) is 10.5. The number of amides is 1. The fourth-order valence-electron chi connectivity index (χ4n) is 3.76. The normalized spacial score (nSPS) is 26.5. The van der Waals surface area contributed by atoms with E-state index in [0.717, 1.165) is 38.0 Å². The molecule has 2 saturated heterocycles. The molecule has 3 rings (SSSR count). The van der Waals surface area contributed by atoms with Crippen LogP contribution >= 0.6 is 0 Å². The van der Waals surface area contributed by atoms with Crippen LogP contribution in [0.5, 0.6) is 0 Å². The van der Waals surface area contributed by atoms with Crippen molar-refractivity contribution in [3.8, 4) is 0 Å². The van der Waals surface area contributed by atoms with Crippen molar-refractivity contribution in [1.29, 1.82) is 0 Å². The van der Waals surface area contributed by atoms with Gasteiger partial charge in [-0.3, -0.25) is 9.69 Å². The summed E-state index contributed by atoms with van der Waals surface area (Å²) in [5.41, 5.74) is 0.919. The van der Waals surface area contributed by atoms with E-state index in [4.69, 9.17) is 4.74 Å². The van der Waals surface area contributed by atoms with Gasteiger partial charge in [0, 0.05) is 25.7 Å². The average Bonchev–Trinajstić information content (AvgIpc) is 3.10. The highest BCUT2D eigenvalue weighted by Gasteiger charge is 2.36. The highest BCUT2D eigenvalue weighted by molar-refractivity contribution is 5.82. The quantitative estimate of drug-likeness (QED) is 0.894. The fraction of sp³-hybridized carbons (Fsp3) is 0.632. The number of hydrogen-bond donors (Lipinski definition) is 1. The average molecular weight is 332 g/mol. The molecule has 1 amide bonds. The molecular weight excluding hydrogens is 304 g/mol. The predicted molar refractivity (Wildman–Crippen MR) is 92.6 cm³/mol. The van der Waals surface area contributed by atoms with Gasteiger partial charge < -0.3 is 14.7 Å². The van der Waals surface area contributed by atoms with Gasteiger partial charge in [0.25, 0.3) is 5.91 Å². The van der Waals surface area contributed by atoms with E-state index in [2.05, 4.69) is 11.8 Å². The van der Waals surface area contributed by atoms with Crippen molar-refractivity contribution >= 4 is 5.91 Å². The van der Waals surface area contributed by atoms with Gasteiger partial charge in [0.1, 0.15) is 6.10 Å². The van der Waals surface area contributed by atoms with Crippen LogP contribution in [-0.2, 0) is 9.53 Å². The van der Waals surface area contributed by atoms with Crippen LogP contribution in [0.3, 0.4) is 0 Å². The molecule has 0 radical (unpaired) electrons. The van der Waals surface area contributed by atoms with Gasteiger partial charge >= 0.3 is 0 Å². The van der Waals surface area contributed by atoms with Gasteiger partial charge in [-0.2, -0.15) is 0 Å². The molecule has 5 heteroatoms. The zero-order valence-corrected chi connectivity index (χ0v) is 14.4. The molecule has 2 aliphatic rings. The number of hydrogen-bond acceptors (Lipinski definition) is 4. The molecule has 3 atom stereocenters. The summed E-state index contributed by atoms with van der Waals surface area (Å²) in [6.07, 6.45) is 1.68. The summed E-state index contributed by atoms with van der Waals surface area (Å²) in [6, 6.07) is 9.80. The van der Waals surface area contributed by atoms with E-state index in [-0.39, 0.29) is 18.1 Å². The molecule has 0 aliphatic carbocycles. The lowest BCUT2D eigenvalue weighted by atomic mass is 10.0. The first kappa shape index (κ1) is 17.4. The second-order valence-corrected chi connectivity index (χ2v) is 6.74. The van der Waals surface area contributed by atoms with Crippen LogP contribution in [0, 0.1) is 0 Å². The Balaban J connectivity index is 1.61. The molecule has 2 fully saturated rings. The number of carbonyl (C=O) groups is 1. The van der Waals surface area contributed by atoms with Crippen LogP contribution < -0.4 is 0 Å². The summed E-state index contributed by atoms with van der Waals surface area (Å²) >= 11 is 0. The summed E-state index contributed by atoms with van der Waals surface area (Å²) < 4.78 is 5.73. The molecule has 1 aromatic rings. The zero-order valence-electron chi connectivity index (χ0n) is 14.4. The number of carbonyl (C=O) groups excluding carboxylic acids is 1. The Morgan fingerprint density at radius 3 is 2.88 bits per heavy atom. The van der Waals surface area contributed by atoms with E-state index in [9.17, 15) is 9.90 Å². The van der Waals surface area contributed by atoms with Crippen LogP contribution in [0.1, 0.15) is 37.9 Å². The molecule has 2 heterocycles. The molecule has 0 saturated carbocycles. The molecule has 2 aliphatic heterocycles. The Hall–Kier alpha value is -1.43. The van der Waals surface area contributed by atoms with E-state index in [1.807, 2.05) is 35.2 Å². The van der Waals surface area contributed by atoms with Crippen molar-refractivity contribution in [2.45, 2.75) is 44.4 Å². The van der Waals surface area contributed by atoms with E-state index in [1.165, 1.54) is 0 Å². The molecule has 0 aromatic heterocycles. The Kier molecular flexibility index (Phi) is 5.87. The molecule has 0 bridgehead atoms. The van der Waals surface area contributed by atoms with Crippen LogP contribution in [0.4, 0.5) is 0 Å². The van der Waals surface area contributed by atoms with Crippen LogP contribution in [0.25, 0.3) is 0 Å². The number of aliphatic hydroxyl groups is 1. The summed E-state index contributed by atoms with van der Waals surface area (Å²) in [6.45, 7) is 6.04. The van der Waals surface area contributed by atoms with Gasteiger partial charge in [-0.1, -0.05) is 37.3 Å². The lowest BCUT2D eigenvalue weighted by Gasteiger charge is -2.35. The number of morpholine rings is 1. The minimum Gasteiger partial charge on any atom is -0.388 e. The number of ether oxygens (including phenoxy) is 1. The highest BCUT2D eigenvalue weighted by atomic mass is 16.5. The van der Waals surface area contributed by atoms with Gasteiger partial charge in [-0.05, 0) is 31.4 Å². The summed E-state index contributed by atoms with van der Waals surface area (Å²) in [4.78, 5) is 17.1. The number of aliphatic hydroxyl groups excluding tert-OH is 1. The van der Waals surface area contributed by atoms with Gasteiger partial charge in [0.2, 0.25) is 0 Å². The van der Waals surface area contributed by atoms with Crippen molar-refractivity contribution in [2.75, 3.05) is 32.8 Å². The van der Waals surface area contributed by atoms with Crippen LogP contribution in [-0.4, -0.2) is 65.7 Å². The molecule has 5 nitrogen and oxygen atoms in total. The lowest BCUT2D eigenvalue weighted by Crippen LogP contribution is -2.52. The maximum absolute atomic E-state index is 12.9. The molecule has 1 aromatic carbocycles. The van der Waals surface area contributed by atoms with E-state index in [1.54, 1.807) is 0 Å². The SMILES string of the molecule is CCN1CCOC(C(=O)N2CCCC2CC(O)c2ccccc2)C1. The largest absolute Gasteiger partial charge is 0.388 e. The van der Waals surface area contributed by atoms with Gasteiger partial charge in [-0.15, -0.1) is 0 Å². The zero-order chi connectivity index (χ0) is 16.9. The van der Waals surface area contributed by atoms with Crippen molar-refractivity contribution in [3.05, 3.63) is 35.9 Å². The van der Waals surface area contributed by atoms with Crippen molar-refractivity contribution < 1.29 is 14.6 Å². The van der Waals surface area contributed by atoms with Crippen LogP contribution in [0.2, 0.25) is 0 Å². The minimum atomic E-state index is -0.524. The summed E-state index contributed by atoms with van der Waals surface area (Å²) in [5.74, 6) is 0.0934. The number of likely N-dealkylation sites (tertiary alicyclic amines) is 1. The van der Waals surface area contributed by atoms with Crippen LogP contribution in [0.15, 0.2) is 30.3 Å². The monoisotopic (exact) mass is 332 g/mol. The molecule has 24 heavy (non-hydrogen) atoms. The van der Waals surface area contributed by atoms with Gasteiger partial charge in [-0.25, -0.2) is 0 Å². The minimum absolute atomic E-state index is 0.0934. The first-order chi connectivity index (χ1) is 11.7. The molecular formula is C19H28N2O3. The number of nitrogens with zero attached hydrogens (tertiary/aromatic N) is 2. The molecule has 132 valence electrons. The summed E-state index contributed by atoms with van der Waals surface area (Å²) in [7, 11) is 0. The molecule has 0 spiro atoms. The Labute approximate surface area is 144 Å². The Morgan fingerprint density at radius 2 is 2.12 bits per heavy atom. The fourth-order valence-corrected chi connectivity index (χ4v) is 3.76. The second kappa shape index (κ2) is 8.10. The first-order valence-electron chi connectivity index (χ1n) is 9.06. The van der Waals surface area contributed by atoms with E-state index >= 15 is 0 Å². The smallest absolute Gasteiger partial charge is 0.253 e. The van der Waals surface area contributed by atoms with E-state index < -0.39 is 6.10 Å². The lowest BCUT2D eigenvalue weighted by molar-refractivity contribution is -0.150. The van der Waals surface area contributed by atoms with Crippen molar-refractivity contribution in [2.24, 2.45) is 0 Å². The maximum atomic E-state index is 12.9. The van der Waals surface area contributed by atoms with Crippen molar-refractivity contribution in [3.63, 3.8) is 0 Å². The molecule has 1 N–H and O–H groups in total.